The molecule has 1 aliphatic rings. The second-order valence-electron chi connectivity index (χ2n) is 14.1. The van der Waals surface area contributed by atoms with E-state index in [0.29, 0.717) is 0 Å². The van der Waals surface area contributed by atoms with Crippen LogP contribution in [-0.2, 0) is 0 Å². The zero-order chi connectivity index (χ0) is 34.9. The third kappa shape index (κ3) is 4.79. The van der Waals surface area contributed by atoms with E-state index in [9.17, 15) is 0 Å². The number of fused-ring (bicyclic) bond motifs is 6. The van der Waals surface area contributed by atoms with Gasteiger partial charge in [0.15, 0.2) is 0 Å². The minimum absolute atomic E-state index is 0.897. The number of hydrogen-bond donors (Lipinski definition) is 0. The molecule has 0 unspecified atom stereocenters. The topological polar surface area (TPSA) is 9.23 Å². The van der Waals surface area contributed by atoms with Gasteiger partial charge in [-0.1, -0.05) is 164 Å². The minimum atomic E-state index is 0.897. The predicted octanol–water partition coefficient (Wildman–Crippen LogP) is 14.7. The lowest BCUT2D eigenvalue weighted by Gasteiger charge is -2.28. The van der Waals surface area contributed by atoms with Crippen molar-refractivity contribution in [2.45, 2.75) is 0 Å². The van der Waals surface area contributed by atoms with Gasteiger partial charge in [-0.15, -0.1) is 0 Å². The van der Waals surface area contributed by atoms with Crippen molar-refractivity contribution in [2.24, 2.45) is 0 Å². The zero-order valence-corrected chi connectivity index (χ0v) is 28.9. The molecule has 0 saturated carbocycles. The molecule has 10 aromatic carbocycles. The van der Waals surface area contributed by atoms with Gasteiger partial charge < -0.3 is 4.74 Å². The molecule has 0 atom stereocenters. The zero-order valence-electron chi connectivity index (χ0n) is 28.9. The van der Waals surface area contributed by atoms with Crippen LogP contribution in [0.4, 0.5) is 0 Å². The Morgan fingerprint density at radius 2 is 0.792 bits per heavy atom. The Hall–Kier alpha value is -6.96. The Labute approximate surface area is 308 Å². The van der Waals surface area contributed by atoms with Gasteiger partial charge in [-0.2, -0.15) is 0 Å². The molecule has 1 heterocycles. The quantitative estimate of drug-likeness (QED) is 0.169. The van der Waals surface area contributed by atoms with Gasteiger partial charge in [0.25, 0.3) is 0 Å². The molecule has 0 spiro atoms. The first-order chi connectivity index (χ1) is 26.3. The van der Waals surface area contributed by atoms with E-state index >= 15 is 0 Å². The second-order valence-corrected chi connectivity index (χ2v) is 14.1. The van der Waals surface area contributed by atoms with Crippen LogP contribution in [0, 0.1) is 0 Å². The Morgan fingerprint density at radius 1 is 0.264 bits per heavy atom. The third-order valence-corrected chi connectivity index (χ3v) is 11.0. The first kappa shape index (κ1) is 29.7. The number of ether oxygens (including phenoxy) is 1. The van der Waals surface area contributed by atoms with Gasteiger partial charge in [-0.25, -0.2) is 0 Å². The van der Waals surface area contributed by atoms with Gasteiger partial charge in [-0.3, -0.25) is 0 Å². The van der Waals surface area contributed by atoms with Crippen LogP contribution in [0.2, 0.25) is 0 Å². The maximum absolute atomic E-state index is 7.27. The molecule has 1 nitrogen and oxygen atoms in total. The summed E-state index contributed by atoms with van der Waals surface area (Å²) in [5.41, 5.74) is 11.6. The molecule has 53 heavy (non-hydrogen) atoms. The molecule has 0 fully saturated rings. The van der Waals surface area contributed by atoms with Crippen LogP contribution >= 0.6 is 0 Å². The largest absolute Gasteiger partial charge is 0.455 e. The fourth-order valence-corrected chi connectivity index (χ4v) is 8.44. The summed E-state index contributed by atoms with van der Waals surface area (Å²) in [5, 5.41) is 9.75. The van der Waals surface area contributed by atoms with Crippen LogP contribution < -0.4 is 4.74 Å². The van der Waals surface area contributed by atoms with Crippen molar-refractivity contribution in [1.82, 2.24) is 0 Å². The van der Waals surface area contributed by atoms with Crippen LogP contribution in [0.3, 0.4) is 0 Å². The SMILES string of the molecule is c1ccc(-c2cc(-c3ccc4cc(-c5ccc6ccccc6c5)ccc4c3)cc3c2Oc2c(-c4ccccc4)c4ccccc4c4cccc-3c24)cc1. The first-order valence-electron chi connectivity index (χ1n) is 18.2. The molecule has 0 bridgehead atoms. The Bertz CT molecular complexity index is 3070. The molecule has 0 saturated heterocycles. The Kier molecular flexibility index (Phi) is 6.62. The van der Waals surface area contributed by atoms with Crippen molar-refractivity contribution < 1.29 is 4.74 Å². The Morgan fingerprint density at radius 3 is 1.51 bits per heavy atom. The van der Waals surface area contributed by atoms with Gasteiger partial charge in [0.05, 0.1) is 0 Å². The highest BCUT2D eigenvalue weighted by atomic mass is 16.5. The summed E-state index contributed by atoms with van der Waals surface area (Å²) in [6.45, 7) is 0. The van der Waals surface area contributed by atoms with E-state index in [1.807, 2.05) is 0 Å². The predicted molar refractivity (Wildman–Crippen MR) is 224 cm³/mol. The monoisotopic (exact) mass is 672 g/mol. The average molecular weight is 673 g/mol. The summed E-state index contributed by atoms with van der Waals surface area (Å²) >= 11 is 0. The fourth-order valence-electron chi connectivity index (χ4n) is 8.44. The highest BCUT2D eigenvalue weighted by Gasteiger charge is 2.29. The highest BCUT2D eigenvalue weighted by Crippen LogP contribution is 2.56. The number of rotatable bonds is 4. The van der Waals surface area contributed by atoms with Gasteiger partial charge in [-0.05, 0) is 107 Å². The molecule has 0 aliphatic carbocycles. The van der Waals surface area contributed by atoms with Crippen molar-refractivity contribution in [3.8, 4) is 67.1 Å². The summed E-state index contributed by atoms with van der Waals surface area (Å²) in [6.07, 6.45) is 0. The molecular weight excluding hydrogens is 641 g/mol. The summed E-state index contributed by atoms with van der Waals surface area (Å²) < 4.78 is 7.27. The lowest BCUT2D eigenvalue weighted by molar-refractivity contribution is 0.491. The van der Waals surface area contributed by atoms with Crippen molar-refractivity contribution in [3.05, 3.63) is 194 Å². The number of hydrogen-bond acceptors (Lipinski definition) is 1. The van der Waals surface area contributed by atoms with E-state index in [-0.39, 0.29) is 0 Å². The summed E-state index contributed by atoms with van der Waals surface area (Å²) in [4.78, 5) is 0. The molecule has 1 heteroatoms. The third-order valence-electron chi connectivity index (χ3n) is 11.0. The lowest BCUT2D eigenvalue weighted by Crippen LogP contribution is -2.02. The molecule has 246 valence electrons. The second kappa shape index (κ2) is 11.8. The molecule has 0 aromatic heterocycles. The molecule has 11 rings (SSSR count). The molecule has 1 aliphatic heterocycles. The van der Waals surface area contributed by atoms with Crippen LogP contribution in [0.15, 0.2) is 194 Å². The smallest absolute Gasteiger partial charge is 0.144 e. The average Bonchev–Trinajstić information content (AvgIpc) is 3.23. The van der Waals surface area contributed by atoms with Gasteiger partial charge in [0, 0.05) is 22.1 Å². The van der Waals surface area contributed by atoms with Crippen LogP contribution in [0.1, 0.15) is 0 Å². The van der Waals surface area contributed by atoms with Crippen LogP contribution in [0.25, 0.3) is 98.7 Å². The van der Waals surface area contributed by atoms with E-state index in [0.717, 1.165) is 50.3 Å². The van der Waals surface area contributed by atoms with Crippen LogP contribution in [0.5, 0.6) is 11.5 Å². The first-order valence-corrected chi connectivity index (χ1v) is 18.2. The molecule has 0 radical (unpaired) electrons. The molecular formula is C52H32O. The van der Waals surface area contributed by atoms with E-state index in [1.54, 1.807) is 0 Å². The fraction of sp³-hybridized carbons (Fsp3) is 0. The summed E-state index contributed by atoms with van der Waals surface area (Å²) in [5.74, 6) is 1.82. The van der Waals surface area contributed by atoms with E-state index in [2.05, 4.69) is 194 Å². The van der Waals surface area contributed by atoms with Gasteiger partial charge in [0.2, 0.25) is 0 Å². The van der Waals surface area contributed by atoms with E-state index in [4.69, 9.17) is 4.74 Å². The number of benzene rings is 10. The molecule has 0 amide bonds. The van der Waals surface area contributed by atoms with Crippen molar-refractivity contribution >= 4 is 43.1 Å². The molecule has 10 aromatic rings. The van der Waals surface area contributed by atoms with Crippen molar-refractivity contribution in [2.75, 3.05) is 0 Å². The molecule has 0 N–H and O–H groups in total. The summed E-state index contributed by atoms with van der Waals surface area (Å²) in [7, 11) is 0. The highest BCUT2D eigenvalue weighted by molar-refractivity contribution is 6.22. The maximum Gasteiger partial charge on any atom is 0.144 e. The lowest BCUT2D eigenvalue weighted by atomic mass is 9.84. The standard InChI is InChI=1S/C52H32O/c1-3-13-34(14-4-1)47-31-42(41-27-26-39-29-38(24-25-40(39)30-41)37-23-22-33-12-7-8-17-36(33)28-37)32-48-46-21-11-20-45-43-18-9-10-19-44(43)49(35-15-5-2-6-16-35)52(50(45)46)53-51(47)48/h1-32H. The maximum atomic E-state index is 7.27. The minimum Gasteiger partial charge on any atom is -0.455 e. The van der Waals surface area contributed by atoms with Crippen molar-refractivity contribution in [1.29, 1.82) is 0 Å². The summed E-state index contributed by atoms with van der Waals surface area (Å²) in [6, 6.07) is 70.4. The van der Waals surface area contributed by atoms with Gasteiger partial charge in [0.1, 0.15) is 11.5 Å². The van der Waals surface area contributed by atoms with Crippen molar-refractivity contribution in [3.63, 3.8) is 0 Å². The van der Waals surface area contributed by atoms with Crippen LogP contribution in [-0.4, -0.2) is 0 Å². The van der Waals surface area contributed by atoms with E-state index < -0.39 is 0 Å². The van der Waals surface area contributed by atoms with Gasteiger partial charge >= 0.3 is 0 Å². The normalized spacial score (nSPS) is 11.9. The van der Waals surface area contributed by atoms with E-state index in [1.165, 1.54) is 60.0 Å². The Balaban J connectivity index is 1.12.